The van der Waals surface area contributed by atoms with E-state index in [2.05, 4.69) is 0 Å². The molecular formula is C7H14F3N2O2S+. The van der Waals surface area contributed by atoms with Crippen molar-refractivity contribution in [3.8, 4) is 0 Å². The van der Waals surface area contributed by atoms with Crippen LogP contribution in [0.2, 0.25) is 0 Å². The van der Waals surface area contributed by atoms with Crippen molar-refractivity contribution in [3.63, 3.8) is 0 Å². The lowest BCUT2D eigenvalue weighted by Gasteiger charge is -2.29. The topological polar surface area (TPSA) is 46.2 Å². The molecule has 1 fully saturated rings. The fraction of sp³-hybridized carbons (Fsp3) is 1.00. The van der Waals surface area contributed by atoms with E-state index in [1.165, 1.54) is 0 Å². The molecule has 1 aliphatic heterocycles. The van der Waals surface area contributed by atoms with Crippen LogP contribution in [0.4, 0.5) is 13.2 Å². The summed E-state index contributed by atoms with van der Waals surface area (Å²) >= 11 is 0. The van der Waals surface area contributed by atoms with Crippen molar-refractivity contribution in [1.29, 1.82) is 0 Å². The highest BCUT2D eigenvalue weighted by Crippen LogP contribution is 2.22. The van der Waals surface area contributed by atoms with E-state index < -0.39 is 15.5 Å². The van der Waals surface area contributed by atoms with Gasteiger partial charge in [0.15, 0.2) is 0 Å². The van der Waals surface area contributed by atoms with Gasteiger partial charge in [-0.1, -0.05) is 0 Å². The van der Waals surface area contributed by atoms with Gasteiger partial charge in [-0.15, -0.1) is 0 Å². The minimum atomic E-state index is -5.22. The summed E-state index contributed by atoms with van der Waals surface area (Å²) in [6, 6.07) is 0. The minimum Gasteiger partial charge on any atom is -0.313 e. The number of nitrogens with zero attached hydrogens (tertiary/aromatic N) is 1. The molecule has 0 radical (unpaired) electrons. The Morgan fingerprint density at radius 3 is 2.13 bits per heavy atom. The second kappa shape index (κ2) is 3.91. The van der Waals surface area contributed by atoms with Crippen molar-refractivity contribution >= 4 is 10.0 Å². The first-order valence-electron chi connectivity index (χ1n) is 4.56. The van der Waals surface area contributed by atoms with Crippen LogP contribution in [0.1, 0.15) is 12.8 Å². The largest absolute Gasteiger partial charge is 0.511 e. The van der Waals surface area contributed by atoms with Crippen LogP contribution in [0.25, 0.3) is 0 Å². The normalized spacial score (nSPS) is 21.9. The molecule has 8 heteroatoms. The summed E-state index contributed by atoms with van der Waals surface area (Å²) in [6.07, 6.45) is 1.84. The third kappa shape index (κ3) is 3.05. The Balaban J connectivity index is 2.57. The molecule has 0 aromatic carbocycles. The molecule has 1 N–H and O–H groups in total. The molecule has 1 saturated heterocycles. The number of alkyl halides is 3. The van der Waals surface area contributed by atoms with Gasteiger partial charge in [0.2, 0.25) is 0 Å². The molecule has 0 amide bonds. The first kappa shape index (κ1) is 12.7. The molecule has 0 atom stereocenters. The molecule has 0 spiro atoms. The van der Waals surface area contributed by atoms with Crippen LogP contribution in [-0.4, -0.2) is 45.2 Å². The average molecular weight is 247 g/mol. The summed E-state index contributed by atoms with van der Waals surface area (Å²) in [4.78, 5) is 0. The first-order valence-corrected chi connectivity index (χ1v) is 6.04. The Morgan fingerprint density at radius 1 is 1.27 bits per heavy atom. The van der Waals surface area contributed by atoms with Crippen LogP contribution < -0.4 is 4.72 Å². The van der Waals surface area contributed by atoms with E-state index >= 15 is 0 Å². The van der Waals surface area contributed by atoms with Gasteiger partial charge in [0.05, 0.1) is 20.1 Å². The lowest BCUT2D eigenvalue weighted by atomic mass is 10.4. The summed E-state index contributed by atoms with van der Waals surface area (Å²) < 4.78 is 59.3. The zero-order valence-electron chi connectivity index (χ0n) is 8.34. The lowest BCUT2D eigenvalue weighted by molar-refractivity contribution is -0.898. The molecule has 0 aromatic rings. The van der Waals surface area contributed by atoms with Crippen LogP contribution in [0.3, 0.4) is 0 Å². The zero-order chi connectivity index (χ0) is 11.7. The number of hydrogen-bond donors (Lipinski definition) is 1. The monoisotopic (exact) mass is 247 g/mol. The van der Waals surface area contributed by atoms with Crippen LogP contribution in [0, 0.1) is 0 Å². The maximum Gasteiger partial charge on any atom is 0.511 e. The van der Waals surface area contributed by atoms with Gasteiger partial charge >= 0.3 is 15.5 Å². The number of nitrogens with one attached hydrogen (secondary N) is 1. The number of quaternary nitrogens is 1. The Kier molecular flexibility index (Phi) is 3.32. The van der Waals surface area contributed by atoms with Crippen LogP contribution in [0.5, 0.6) is 0 Å². The molecule has 90 valence electrons. The smallest absolute Gasteiger partial charge is 0.313 e. The Labute approximate surface area is 86.7 Å². The van der Waals surface area contributed by atoms with Crippen LogP contribution in [0.15, 0.2) is 0 Å². The summed E-state index contributed by atoms with van der Waals surface area (Å²) in [5.41, 5.74) is -5.22. The van der Waals surface area contributed by atoms with E-state index in [1.807, 2.05) is 0 Å². The standard InChI is InChI=1S/C7H14F3N2O2S/c1-12(4-2-3-5-12)6-11-15(13,14)7(8,9)10/h11H,2-6H2,1H3/q+1. The molecule has 4 nitrogen and oxygen atoms in total. The number of rotatable bonds is 3. The van der Waals surface area contributed by atoms with E-state index in [9.17, 15) is 21.6 Å². The highest BCUT2D eigenvalue weighted by atomic mass is 32.2. The third-order valence-electron chi connectivity index (χ3n) is 2.59. The van der Waals surface area contributed by atoms with E-state index in [1.54, 1.807) is 11.8 Å². The summed E-state index contributed by atoms with van der Waals surface area (Å²) in [5, 5.41) is 0. The molecular weight excluding hydrogens is 233 g/mol. The predicted octanol–water partition coefficient (Wildman–Crippen LogP) is 0.623. The highest BCUT2D eigenvalue weighted by Gasteiger charge is 2.47. The lowest BCUT2D eigenvalue weighted by Crippen LogP contribution is -2.51. The van der Waals surface area contributed by atoms with Gasteiger partial charge in [-0.3, -0.25) is 0 Å². The van der Waals surface area contributed by atoms with Gasteiger partial charge in [-0.25, -0.2) is 8.42 Å². The van der Waals surface area contributed by atoms with E-state index in [0.29, 0.717) is 17.6 Å². The minimum absolute atomic E-state index is 0.193. The highest BCUT2D eigenvalue weighted by molar-refractivity contribution is 7.90. The number of halogens is 3. The van der Waals surface area contributed by atoms with E-state index in [4.69, 9.17) is 0 Å². The van der Waals surface area contributed by atoms with Crippen molar-refractivity contribution in [2.75, 3.05) is 26.8 Å². The first-order chi connectivity index (χ1) is 6.66. The molecule has 0 saturated carbocycles. The van der Waals surface area contributed by atoms with Crippen molar-refractivity contribution in [2.45, 2.75) is 18.3 Å². The Bertz CT molecular complexity index is 320. The molecule has 0 aromatic heterocycles. The van der Waals surface area contributed by atoms with Crippen LogP contribution >= 0.6 is 0 Å². The summed E-state index contributed by atoms with van der Waals surface area (Å²) in [7, 11) is -3.45. The van der Waals surface area contributed by atoms with Crippen molar-refractivity contribution in [3.05, 3.63) is 0 Å². The Morgan fingerprint density at radius 2 is 1.73 bits per heavy atom. The molecule has 1 aliphatic rings. The molecule has 0 aliphatic carbocycles. The van der Waals surface area contributed by atoms with Gasteiger partial charge in [0.25, 0.3) is 0 Å². The van der Waals surface area contributed by atoms with Crippen molar-refractivity contribution in [2.24, 2.45) is 0 Å². The maximum atomic E-state index is 12.0. The summed E-state index contributed by atoms with van der Waals surface area (Å²) in [6.45, 7) is 1.22. The quantitative estimate of drug-likeness (QED) is 0.743. The molecule has 1 heterocycles. The Hall–Kier alpha value is -0.340. The molecule has 1 rings (SSSR count). The van der Waals surface area contributed by atoms with E-state index in [-0.39, 0.29) is 6.67 Å². The fourth-order valence-corrected chi connectivity index (χ4v) is 2.22. The number of sulfonamides is 1. The molecule has 0 bridgehead atoms. The van der Waals surface area contributed by atoms with Gasteiger partial charge in [-0.05, 0) is 0 Å². The number of hydrogen-bond acceptors (Lipinski definition) is 2. The van der Waals surface area contributed by atoms with Crippen molar-refractivity contribution < 1.29 is 26.1 Å². The summed E-state index contributed by atoms with van der Waals surface area (Å²) in [5.74, 6) is 0. The van der Waals surface area contributed by atoms with Gasteiger partial charge < -0.3 is 4.48 Å². The van der Waals surface area contributed by atoms with E-state index in [0.717, 1.165) is 12.8 Å². The molecule has 15 heavy (non-hydrogen) atoms. The number of likely N-dealkylation sites (tertiary alicyclic amines) is 1. The van der Waals surface area contributed by atoms with Gasteiger partial charge in [0, 0.05) is 12.8 Å². The average Bonchev–Trinajstić information content (AvgIpc) is 2.48. The van der Waals surface area contributed by atoms with Crippen LogP contribution in [-0.2, 0) is 10.0 Å². The third-order valence-corrected chi connectivity index (χ3v) is 3.71. The zero-order valence-corrected chi connectivity index (χ0v) is 9.16. The second-order valence-electron chi connectivity index (χ2n) is 4.03. The predicted molar refractivity (Wildman–Crippen MR) is 48.1 cm³/mol. The SMILES string of the molecule is C[N+]1(CNS(=O)(=O)C(F)(F)F)CCCC1. The molecule has 0 unspecified atom stereocenters. The fourth-order valence-electron chi connectivity index (χ4n) is 1.58. The van der Waals surface area contributed by atoms with Gasteiger partial charge in [-0.2, -0.15) is 17.9 Å². The maximum absolute atomic E-state index is 12.0. The van der Waals surface area contributed by atoms with Gasteiger partial charge in [0.1, 0.15) is 6.67 Å². The van der Waals surface area contributed by atoms with Crippen molar-refractivity contribution in [1.82, 2.24) is 4.72 Å². The second-order valence-corrected chi connectivity index (χ2v) is 5.78.